The van der Waals surface area contributed by atoms with Gasteiger partial charge in [0.2, 0.25) is 0 Å². The van der Waals surface area contributed by atoms with E-state index in [4.69, 9.17) is 4.74 Å². The third kappa shape index (κ3) is 1.57. The monoisotopic (exact) mass is 241 g/mol. The van der Waals surface area contributed by atoms with Gasteiger partial charge in [0.05, 0.1) is 7.11 Å². The van der Waals surface area contributed by atoms with Gasteiger partial charge < -0.3 is 9.84 Å². The Kier molecular flexibility index (Phi) is 2.37. The van der Waals surface area contributed by atoms with Gasteiger partial charge in [-0.3, -0.25) is 0 Å². The van der Waals surface area contributed by atoms with E-state index in [2.05, 4.69) is 15.4 Å². The maximum absolute atomic E-state index is 10.0. The Hall–Kier alpha value is -2.56. The molecular weight excluding hydrogens is 230 g/mol. The molecule has 1 heterocycles. The Morgan fingerprint density at radius 1 is 1.11 bits per heavy atom. The number of phenols is 1. The number of fused-ring (bicyclic) bond motifs is 1. The van der Waals surface area contributed by atoms with Crippen LogP contribution in [0.2, 0.25) is 0 Å². The van der Waals surface area contributed by atoms with Crippen molar-refractivity contribution in [1.29, 1.82) is 0 Å². The van der Waals surface area contributed by atoms with E-state index >= 15 is 0 Å². The van der Waals surface area contributed by atoms with Crippen LogP contribution in [0, 0.1) is 0 Å². The maximum atomic E-state index is 10.0. The number of methoxy groups -OCH3 is 1. The number of aromatic nitrogens is 3. The smallest absolute Gasteiger partial charge is 0.127 e. The van der Waals surface area contributed by atoms with Crippen LogP contribution in [0.5, 0.6) is 11.5 Å². The first-order valence-electron chi connectivity index (χ1n) is 5.46. The number of aromatic hydroxyl groups is 1. The van der Waals surface area contributed by atoms with Gasteiger partial charge in [0, 0.05) is 17.2 Å². The molecule has 0 aliphatic rings. The van der Waals surface area contributed by atoms with Gasteiger partial charge in [-0.05, 0) is 18.2 Å². The second-order valence-electron chi connectivity index (χ2n) is 3.88. The molecule has 18 heavy (non-hydrogen) atoms. The zero-order valence-corrected chi connectivity index (χ0v) is 9.71. The van der Waals surface area contributed by atoms with E-state index in [-0.39, 0.29) is 5.75 Å². The number of phenolic OH excluding ortho intramolecular Hbond substituents is 1. The predicted molar refractivity (Wildman–Crippen MR) is 67.5 cm³/mol. The Morgan fingerprint density at radius 3 is 2.78 bits per heavy atom. The van der Waals surface area contributed by atoms with E-state index in [0.29, 0.717) is 11.3 Å². The second-order valence-corrected chi connectivity index (χ2v) is 3.88. The minimum Gasteiger partial charge on any atom is -0.507 e. The Balaban J connectivity index is 2.23. The summed E-state index contributed by atoms with van der Waals surface area (Å²) in [5.41, 5.74) is 3.04. The molecule has 0 atom stereocenters. The average Bonchev–Trinajstić information content (AvgIpc) is 2.87. The molecule has 5 nitrogen and oxygen atoms in total. The minimum absolute atomic E-state index is 0.157. The number of aromatic amines is 1. The fourth-order valence-corrected chi connectivity index (χ4v) is 1.95. The van der Waals surface area contributed by atoms with E-state index in [1.54, 1.807) is 25.3 Å². The first-order chi connectivity index (χ1) is 8.79. The lowest BCUT2D eigenvalue weighted by Gasteiger charge is -2.07. The standard InChI is InChI=1S/C13H11N3O2/c1-18-8-5-6-9(12(17)7-8)10-3-2-4-11-13(10)15-16-14-11/h2-7,17H,1H3,(H,14,15,16). The van der Waals surface area contributed by atoms with Gasteiger partial charge in [-0.15, -0.1) is 0 Å². The number of H-pyrrole nitrogens is 1. The van der Waals surface area contributed by atoms with E-state index < -0.39 is 0 Å². The highest BCUT2D eigenvalue weighted by molar-refractivity contribution is 5.93. The molecule has 5 heteroatoms. The van der Waals surface area contributed by atoms with Crippen LogP contribution in [0.1, 0.15) is 0 Å². The van der Waals surface area contributed by atoms with Crippen LogP contribution in [0.4, 0.5) is 0 Å². The van der Waals surface area contributed by atoms with Crippen LogP contribution < -0.4 is 4.74 Å². The number of hydrogen-bond acceptors (Lipinski definition) is 4. The summed E-state index contributed by atoms with van der Waals surface area (Å²) in [6.45, 7) is 0. The molecule has 90 valence electrons. The topological polar surface area (TPSA) is 71.0 Å². The highest BCUT2D eigenvalue weighted by Crippen LogP contribution is 2.35. The van der Waals surface area contributed by atoms with Crippen LogP contribution in [0.25, 0.3) is 22.2 Å². The molecular formula is C13H11N3O2. The molecule has 0 spiro atoms. The van der Waals surface area contributed by atoms with Gasteiger partial charge in [-0.2, -0.15) is 15.4 Å². The number of para-hydroxylation sites is 1. The molecule has 1 aromatic heterocycles. The van der Waals surface area contributed by atoms with E-state index in [1.165, 1.54) is 0 Å². The number of nitrogens with one attached hydrogen (secondary N) is 1. The fourth-order valence-electron chi connectivity index (χ4n) is 1.95. The van der Waals surface area contributed by atoms with Crippen molar-refractivity contribution in [3.63, 3.8) is 0 Å². The zero-order valence-electron chi connectivity index (χ0n) is 9.71. The van der Waals surface area contributed by atoms with Crippen LogP contribution in [-0.4, -0.2) is 27.6 Å². The number of hydrogen-bond donors (Lipinski definition) is 2. The van der Waals surface area contributed by atoms with E-state index in [9.17, 15) is 5.11 Å². The van der Waals surface area contributed by atoms with Crippen molar-refractivity contribution in [2.24, 2.45) is 0 Å². The van der Waals surface area contributed by atoms with Gasteiger partial charge in [0.25, 0.3) is 0 Å². The molecule has 3 aromatic rings. The number of nitrogens with zero attached hydrogens (tertiary/aromatic N) is 2. The number of benzene rings is 2. The van der Waals surface area contributed by atoms with Gasteiger partial charge in [0.15, 0.2) is 0 Å². The van der Waals surface area contributed by atoms with Crippen LogP contribution in [-0.2, 0) is 0 Å². The highest BCUT2D eigenvalue weighted by atomic mass is 16.5. The van der Waals surface area contributed by atoms with Crippen molar-refractivity contribution >= 4 is 11.0 Å². The summed E-state index contributed by atoms with van der Waals surface area (Å²) in [5, 5.41) is 20.7. The van der Waals surface area contributed by atoms with Gasteiger partial charge >= 0.3 is 0 Å². The first-order valence-corrected chi connectivity index (χ1v) is 5.46. The SMILES string of the molecule is COc1ccc(-c2cccc3n[nH]nc23)c(O)c1. The van der Waals surface area contributed by atoms with Gasteiger partial charge in [-0.25, -0.2) is 0 Å². The van der Waals surface area contributed by atoms with Crippen molar-refractivity contribution in [1.82, 2.24) is 15.4 Å². The van der Waals surface area contributed by atoms with Gasteiger partial charge in [-0.1, -0.05) is 12.1 Å². The summed E-state index contributed by atoms with van der Waals surface area (Å²) in [6, 6.07) is 10.8. The molecule has 0 bridgehead atoms. The zero-order chi connectivity index (χ0) is 12.5. The molecule has 0 aliphatic carbocycles. The summed E-state index contributed by atoms with van der Waals surface area (Å²) < 4.78 is 5.06. The molecule has 0 amide bonds. The molecule has 0 radical (unpaired) electrons. The van der Waals surface area contributed by atoms with E-state index in [0.717, 1.165) is 16.6 Å². The van der Waals surface area contributed by atoms with Crippen LogP contribution in [0.15, 0.2) is 36.4 Å². The third-order valence-electron chi connectivity index (χ3n) is 2.84. The number of rotatable bonds is 2. The summed E-state index contributed by atoms with van der Waals surface area (Å²) in [7, 11) is 1.56. The Labute approximate surface area is 103 Å². The summed E-state index contributed by atoms with van der Waals surface area (Å²) >= 11 is 0. The van der Waals surface area contributed by atoms with Crippen molar-refractivity contribution < 1.29 is 9.84 Å². The lowest BCUT2D eigenvalue weighted by molar-refractivity contribution is 0.408. The third-order valence-corrected chi connectivity index (χ3v) is 2.84. The molecule has 2 aromatic carbocycles. The van der Waals surface area contributed by atoms with Crippen molar-refractivity contribution in [3.05, 3.63) is 36.4 Å². The molecule has 0 unspecified atom stereocenters. The normalized spacial score (nSPS) is 10.7. The quantitative estimate of drug-likeness (QED) is 0.722. The van der Waals surface area contributed by atoms with Crippen molar-refractivity contribution in [2.75, 3.05) is 7.11 Å². The lowest BCUT2D eigenvalue weighted by Crippen LogP contribution is -1.85. The van der Waals surface area contributed by atoms with E-state index in [1.807, 2.05) is 18.2 Å². The summed E-state index contributed by atoms with van der Waals surface area (Å²) in [5.74, 6) is 0.772. The molecule has 0 saturated heterocycles. The highest BCUT2D eigenvalue weighted by Gasteiger charge is 2.11. The molecule has 0 aliphatic heterocycles. The minimum atomic E-state index is 0.157. The van der Waals surface area contributed by atoms with Gasteiger partial charge in [0.1, 0.15) is 22.5 Å². The lowest BCUT2D eigenvalue weighted by atomic mass is 10.0. The van der Waals surface area contributed by atoms with Crippen molar-refractivity contribution in [3.8, 4) is 22.6 Å². The Morgan fingerprint density at radius 2 is 2.00 bits per heavy atom. The largest absolute Gasteiger partial charge is 0.507 e. The van der Waals surface area contributed by atoms with Crippen molar-refractivity contribution in [2.45, 2.75) is 0 Å². The van der Waals surface area contributed by atoms with Crippen LogP contribution >= 0.6 is 0 Å². The average molecular weight is 241 g/mol. The maximum Gasteiger partial charge on any atom is 0.127 e. The molecule has 3 rings (SSSR count). The predicted octanol–water partition coefficient (Wildman–Crippen LogP) is 2.34. The summed E-state index contributed by atoms with van der Waals surface area (Å²) in [4.78, 5) is 0. The first kappa shape index (κ1) is 10.6. The fraction of sp³-hybridized carbons (Fsp3) is 0.0769. The molecule has 0 saturated carbocycles. The molecule has 2 N–H and O–H groups in total. The second kappa shape index (κ2) is 4.03. The Bertz CT molecular complexity index is 706. The summed E-state index contributed by atoms with van der Waals surface area (Å²) in [6.07, 6.45) is 0. The van der Waals surface area contributed by atoms with Crippen LogP contribution in [0.3, 0.4) is 0 Å². The number of ether oxygens (including phenoxy) is 1. The molecule has 0 fully saturated rings.